The van der Waals surface area contributed by atoms with E-state index in [1.165, 1.54) is 0 Å². The van der Waals surface area contributed by atoms with Gasteiger partial charge < -0.3 is 20.6 Å². The fourth-order valence-electron chi connectivity index (χ4n) is 2.40. The van der Waals surface area contributed by atoms with Gasteiger partial charge in [-0.05, 0) is 33.1 Å². The van der Waals surface area contributed by atoms with E-state index in [0.29, 0.717) is 26.1 Å². The third-order valence-electron chi connectivity index (χ3n) is 3.92. The molecule has 1 saturated heterocycles. The maximum atomic E-state index is 12.6. The summed E-state index contributed by atoms with van der Waals surface area (Å²) in [4.78, 5) is 14.4. The molecule has 6 heteroatoms. The number of carbonyl (C=O) groups excluding carboxylic acids is 1. The second-order valence-corrected chi connectivity index (χ2v) is 5.14. The molecule has 1 rings (SSSR count). The Morgan fingerprint density at radius 3 is 2.79 bits per heavy atom. The molecule has 0 aromatic heterocycles. The number of oxime groups is 1. The number of hydrogen-bond acceptors (Lipinski definition) is 4. The average molecular weight is 271 g/mol. The highest BCUT2D eigenvalue weighted by molar-refractivity contribution is 6.06. The molecule has 1 amide bonds. The summed E-state index contributed by atoms with van der Waals surface area (Å²) < 4.78 is 5.59. The molecule has 0 aliphatic carbocycles. The van der Waals surface area contributed by atoms with Crippen molar-refractivity contribution in [3.63, 3.8) is 0 Å². The van der Waals surface area contributed by atoms with E-state index in [2.05, 4.69) is 5.16 Å². The first-order valence-corrected chi connectivity index (χ1v) is 6.88. The Hall–Kier alpha value is -1.30. The number of ether oxygens (including phenoxy) is 1. The van der Waals surface area contributed by atoms with E-state index in [1.54, 1.807) is 11.8 Å². The molecule has 2 atom stereocenters. The fourth-order valence-corrected chi connectivity index (χ4v) is 2.40. The Morgan fingerprint density at radius 2 is 2.26 bits per heavy atom. The minimum atomic E-state index is -0.942. The van der Waals surface area contributed by atoms with Crippen molar-refractivity contribution >= 4 is 11.7 Å². The molecular formula is C13H25N3O3. The van der Waals surface area contributed by atoms with E-state index in [9.17, 15) is 4.79 Å². The lowest BCUT2D eigenvalue weighted by atomic mass is 9.84. The zero-order valence-corrected chi connectivity index (χ0v) is 12.1. The fraction of sp³-hybridized carbons (Fsp3) is 0.846. The SMILES string of the molecule is CCOC1CCCN(C(=O)C(C)(CC)C(N)=NO)C1. The first-order valence-electron chi connectivity index (χ1n) is 6.88. The van der Waals surface area contributed by atoms with Gasteiger partial charge >= 0.3 is 0 Å². The molecule has 1 aliphatic heterocycles. The number of hydrogen-bond donors (Lipinski definition) is 2. The molecule has 0 bridgehead atoms. The molecule has 3 N–H and O–H groups in total. The summed E-state index contributed by atoms with van der Waals surface area (Å²) in [5.41, 5.74) is 4.74. The van der Waals surface area contributed by atoms with Crippen LogP contribution < -0.4 is 5.73 Å². The summed E-state index contributed by atoms with van der Waals surface area (Å²) in [7, 11) is 0. The number of nitrogens with two attached hydrogens (primary N) is 1. The standard InChI is InChI=1S/C13H25N3O3/c1-4-13(3,11(14)15-18)12(17)16-8-6-7-10(9-16)19-5-2/h10,18H,4-9H2,1-3H3,(H2,14,15). The lowest BCUT2D eigenvalue weighted by Crippen LogP contribution is -2.53. The molecule has 0 radical (unpaired) electrons. The molecule has 0 spiro atoms. The van der Waals surface area contributed by atoms with Gasteiger partial charge in [0.25, 0.3) is 0 Å². The average Bonchev–Trinajstić information content (AvgIpc) is 2.45. The van der Waals surface area contributed by atoms with Crippen LogP contribution in [-0.4, -0.2) is 47.7 Å². The van der Waals surface area contributed by atoms with E-state index >= 15 is 0 Å². The molecule has 6 nitrogen and oxygen atoms in total. The number of likely N-dealkylation sites (tertiary alicyclic amines) is 1. The minimum Gasteiger partial charge on any atom is -0.409 e. The van der Waals surface area contributed by atoms with Gasteiger partial charge in [0.05, 0.1) is 6.10 Å². The highest BCUT2D eigenvalue weighted by Crippen LogP contribution is 2.27. The highest BCUT2D eigenvalue weighted by Gasteiger charge is 2.40. The van der Waals surface area contributed by atoms with Crippen molar-refractivity contribution < 1.29 is 14.7 Å². The predicted molar refractivity (Wildman–Crippen MR) is 73.0 cm³/mol. The van der Waals surface area contributed by atoms with Gasteiger partial charge in [-0.15, -0.1) is 0 Å². The molecule has 1 fully saturated rings. The van der Waals surface area contributed by atoms with E-state index in [-0.39, 0.29) is 17.8 Å². The second-order valence-electron chi connectivity index (χ2n) is 5.14. The largest absolute Gasteiger partial charge is 0.409 e. The minimum absolute atomic E-state index is 0.0291. The Labute approximate surface area is 114 Å². The monoisotopic (exact) mass is 271 g/mol. The smallest absolute Gasteiger partial charge is 0.236 e. The topological polar surface area (TPSA) is 88.2 Å². The number of rotatable bonds is 5. The van der Waals surface area contributed by atoms with Gasteiger partial charge in [0, 0.05) is 19.7 Å². The van der Waals surface area contributed by atoms with E-state index < -0.39 is 5.41 Å². The molecule has 0 aromatic carbocycles. The number of carbonyl (C=O) groups is 1. The number of nitrogens with zero attached hydrogens (tertiary/aromatic N) is 2. The molecular weight excluding hydrogens is 246 g/mol. The number of amides is 1. The number of amidine groups is 1. The molecule has 1 aliphatic rings. The van der Waals surface area contributed by atoms with Crippen LogP contribution in [0.15, 0.2) is 5.16 Å². The van der Waals surface area contributed by atoms with Crippen LogP contribution in [0.4, 0.5) is 0 Å². The van der Waals surface area contributed by atoms with Crippen molar-refractivity contribution in [2.24, 2.45) is 16.3 Å². The summed E-state index contributed by atoms with van der Waals surface area (Å²) in [6.45, 7) is 7.47. The van der Waals surface area contributed by atoms with Crippen LogP contribution in [0, 0.1) is 5.41 Å². The molecule has 110 valence electrons. The Kier molecular flexibility index (Phi) is 5.60. The van der Waals surface area contributed by atoms with Crippen molar-refractivity contribution in [1.82, 2.24) is 4.90 Å². The predicted octanol–water partition coefficient (Wildman–Crippen LogP) is 1.18. The zero-order valence-electron chi connectivity index (χ0n) is 12.1. The third kappa shape index (κ3) is 3.37. The van der Waals surface area contributed by atoms with Gasteiger partial charge in [0.1, 0.15) is 5.41 Å². The summed E-state index contributed by atoms with van der Waals surface area (Å²) in [6.07, 6.45) is 2.49. The van der Waals surface area contributed by atoms with Gasteiger partial charge in [0.2, 0.25) is 5.91 Å². The number of piperidine rings is 1. The van der Waals surface area contributed by atoms with Crippen LogP contribution in [0.5, 0.6) is 0 Å². The molecule has 19 heavy (non-hydrogen) atoms. The summed E-state index contributed by atoms with van der Waals surface area (Å²) in [5.74, 6) is -0.117. The van der Waals surface area contributed by atoms with Gasteiger partial charge in [-0.2, -0.15) is 0 Å². The summed E-state index contributed by atoms with van der Waals surface area (Å²) in [5, 5.41) is 11.9. The summed E-state index contributed by atoms with van der Waals surface area (Å²) >= 11 is 0. The van der Waals surface area contributed by atoms with Crippen LogP contribution in [0.2, 0.25) is 0 Å². The Morgan fingerprint density at radius 1 is 1.58 bits per heavy atom. The molecule has 0 saturated carbocycles. The van der Waals surface area contributed by atoms with Crippen LogP contribution in [0.3, 0.4) is 0 Å². The van der Waals surface area contributed by atoms with Gasteiger partial charge in [-0.1, -0.05) is 12.1 Å². The Balaban J connectivity index is 2.80. The van der Waals surface area contributed by atoms with Crippen molar-refractivity contribution in [3.05, 3.63) is 0 Å². The molecule has 2 unspecified atom stereocenters. The van der Waals surface area contributed by atoms with Crippen molar-refractivity contribution in [2.45, 2.75) is 46.1 Å². The first kappa shape index (κ1) is 15.8. The lowest BCUT2D eigenvalue weighted by Gasteiger charge is -2.38. The highest BCUT2D eigenvalue weighted by atomic mass is 16.5. The second kappa shape index (κ2) is 6.75. The van der Waals surface area contributed by atoms with E-state index in [0.717, 1.165) is 12.8 Å². The van der Waals surface area contributed by atoms with Gasteiger partial charge in [-0.25, -0.2) is 0 Å². The van der Waals surface area contributed by atoms with Gasteiger partial charge in [-0.3, -0.25) is 4.79 Å². The maximum absolute atomic E-state index is 12.6. The molecule has 1 heterocycles. The Bertz CT molecular complexity index is 344. The molecule has 0 aromatic rings. The van der Waals surface area contributed by atoms with E-state index in [1.807, 2.05) is 13.8 Å². The first-order chi connectivity index (χ1) is 8.99. The van der Waals surface area contributed by atoms with Crippen LogP contribution >= 0.6 is 0 Å². The van der Waals surface area contributed by atoms with Crippen molar-refractivity contribution in [2.75, 3.05) is 19.7 Å². The zero-order chi connectivity index (χ0) is 14.5. The van der Waals surface area contributed by atoms with Crippen LogP contribution in [-0.2, 0) is 9.53 Å². The summed E-state index contributed by atoms with van der Waals surface area (Å²) in [6, 6.07) is 0. The maximum Gasteiger partial charge on any atom is 0.236 e. The lowest BCUT2D eigenvalue weighted by molar-refractivity contribution is -0.142. The quantitative estimate of drug-likeness (QED) is 0.340. The normalized spacial score (nSPS) is 24.1. The van der Waals surface area contributed by atoms with E-state index in [4.69, 9.17) is 15.7 Å². The van der Waals surface area contributed by atoms with Crippen LogP contribution in [0.1, 0.15) is 40.0 Å². The van der Waals surface area contributed by atoms with Crippen molar-refractivity contribution in [3.8, 4) is 0 Å². The third-order valence-corrected chi connectivity index (χ3v) is 3.92. The van der Waals surface area contributed by atoms with Crippen LogP contribution in [0.25, 0.3) is 0 Å². The van der Waals surface area contributed by atoms with Gasteiger partial charge in [0.15, 0.2) is 5.84 Å². The van der Waals surface area contributed by atoms with Crippen molar-refractivity contribution in [1.29, 1.82) is 0 Å².